The lowest BCUT2D eigenvalue weighted by molar-refractivity contribution is 1.54. The normalized spacial score (nSPS) is 10.6. The van der Waals surface area contributed by atoms with E-state index in [1.54, 1.807) is 0 Å². The van der Waals surface area contributed by atoms with Gasteiger partial charge >= 0.3 is 0 Å². The third-order valence-corrected chi connectivity index (χ3v) is 2.53. The van der Waals surface area contributed by atoms with Crippen LogP contribution >= 0.6 is 11.6 Å². The monoisotopic (exact) mass is 243 g/mol. The lowest BCUT2D eigenvalue weighted by Gasteiger charge is -2.06. The first-order chi connectivity index (χ1) is 8.38. The summed E-state index contributed by atoms with van der Waals surface area (Å²) in [6.07, 6.45) is 3.95. The SMILES string of the molecule is ClCC=Cc1cccc(Nc2ccccc2)c1. The fourth-order valence-corrected chi connectivity index (χ4v) is 1.68. The van der Waals surface area contributed by atoms with Crippen molar-refractivity contribution < 1.29 is 0 Å². The number of hydrogen-bond donors (Lipinski definition) is 1. The largest absolute Gasteiger partial charge is 0.356 e. The Kier molecular flexibility index (Phi) is 4.23. The number of hydrogen-bond acceptors (Lipinski definition) is 1. The van der Waals surface area contributed by atoms with Crippen molar-refractivity contribution in [3.05, 3.63) is 66.2 Å². The Bertz CT molecular complexity index is 491. The zero-order chi connectivity index (χ0) is 11.9. The van der Waals surface area contributed by atoms with Crippen LogP contribution < -0.4 is 5.32 Å². The number of halogens is 1. The summed E-state index contributed by atoms with van der Waals surface area (Å²) in [6.45, 7) is 0. The first-order valence-electron chi connectivity index (χ1n) is 5.53. The Labute approximate surface area is 107 Å². The second kappa shape index (κ2) is 6.12. The molecule has 1 nitrogen and oxygen atoms in total. The summed E-state index contributed by atoms with van der Waals surface area (Å²) in [6, 6.07) is 18.3. The van der Waals surface area contributed by atoms with E-state index < -0.39 is 0 Å². The van der Waals surface area contributed by atoms with E-state index in [9.17, 15) is 0 Å². The highest BCUT2D eigenvalue weighted by molar-refractivity contribution is 6.19. The highest BCUT2D eigenvalue weighted by Crippen LogP contribution is 2.17. The fourth-order valence-electron chi connectivity index (χ4n) is 1.59. The van der Waals surface area contributed by atoms with Gasteiger partial charge in [0, 0.05) is 17.3 Å². The summed E-state index contributed by atoms with van der Waals surface area (Å²) < 4.78 is 0. The van der Waals surface area contributed by atoms with Gasteiger partial charge < -0.3 is 5.32 Å². The standard InChI is InChI=1S/C15H14ClN/c16-11-5-7-13-6-4-10-15(12-13)17-14-8-2-1-3-9-14/h1-10,12,17H,11H2. The lowest BCUT2D eigenvalue weighted by Crippen LogP contribution is -1.89. The molecule has 0 saturated heterocycles. The van der Waals surface area contributed by atoms with E-state index in [0.29, 0.717) is 5.88 Å². The number of alkyl halides is 1. The average molecular weight is 244 g/mol. The molecule has 0 heterocycles. The molecular weight excluding hydrogens is 230 g/mol. The predicted octanol–water partition coefficient (Wildman–Crippen LogP) is 4.68. The molecule has 0 bridgehead atoms. The molecule has 0 saturated carbocycles. The molecule has 0 radical (unpaired) electrons. The van der Waals surface area contributed by atoms with Gasteiger partial charge in [-0.1, -0.05) is 42.5 Å². The molecule has 0 amide bonds. The molecule has 0 atom stereocenters. The fraction of sp³-hybridized carbons (Fsp3) is 0.0667. The van der Waals surface area contributed by atoms with Crippen LogP contribution in [-0.4, -0.2) is 5.88 Å². The highest BCUT2D eigenvalue weighted by Gasteiger charge is 1.94. The molecule has 86 valence electrons. The third kappa shape index (κ3) is 3.65. The smallest absolute Gasteiger partial charge is 0.0407 e. The lowest BCUT2D eigenvalue weighted by atomic mass is 10.2. The van der Waals surface area contributed by atoms with Gasteiger partial charge in [0.2, 0.25) is 0 Å². The van der Waals surface area contributed by atoms with Crippen LogP contribution in [0.5, 0.6) is 0 Å². The summed E-state index contributed by atoms with van der Waals surface area (Å²) in [5.74, 6) is 0.538. The summed E-state index contributed by atoms with van der Waals surface area (Å²) in [5.41, 5.74) is 3.31. The first kappa shape index (κ1) is 11.7. The number of para-hydroxylation sites is 1. The van der Waals surface area contributed by atoms with Crippen LogP contribution in [0.2, 0.25) is 0 Å². The van der Waals surface area contributed by atoms with Crippen LogP contribution in [-0.2, 0) is 0 Å². The summed E-state index contributed by atoms with van der Waals surface area (Å²) in [4.78, 5) is 0. The molecule has 2 heteroatoms. The second-order valence-electron chi connectivity index (χ2n) is 3.67. The molecule has 0 spiro atoms. The molecule has 0 unspecified atom stereocenters. The third-order valence-electron chi connectivity index (χ3n) is 2.35. The minimum Gasteiger partial charge on any atom is -0.356 e. The van der Waals surface area contributed by atoms with Crippen molar-refractivity contribution in [3.63, 3.8) is 0 Å². The van der Waals surface area contributed by atoms with Gasteiger partial charge in [0.05, 0.1) is 0 Å². The molecular formula is C15H14ClN. The zero-order valence-corrected chi connectivity index (χ0v) is 10.2. The number of nitrogens with one attached hydrogen (secondary N) is 1. The van der Waals surface area contributed by atoms with Gasteiger partial charge in [-0.3, -0.25) is 0 Å². The molecule has 0 aliphatic rings. The van der Waals surface area contributed by atoms with Crippen molar-refractivity contribution in [2.45, 2.75) is 0 Å². The summed E-state index contributed by atoms with van der Waals surface area (Å²) in [5, 5.41) is 3.35. The molecule has 2 aromatic rings. The van der Waals surface area contributed by atoms with Crippen molar-refractivity contribution in [3.8, 4) is 0 Å². The summed E-state index contributed by atoms with van der Waals surface area (Å²) in [7, 11) is 0. The van der Waals surface area contributed by atoms with Gasteiger partial charge in [0.25, 0.3) is 0 Å². The van der Waals surface area contributed by atoms with Crippen LogP contribution in [0.4, 0.5) is 11.4 Å². The van der Waals surface area contributed by atoms with Crippen molar-refractivity contribution in [2.75, 3.05) is 11.2 Å². The van der Waals surface area contributed by atoms with E-state index in [4.69, 9.17) is 11.6 Å². The van der Waals surface area contributed by atoms with Gasteiger partial charge in [-0.2, -0.15) is 0 Å². The molecule has 0 aliphatic carbocycles. The predicted molar refractivity (Wildman–Crippen MR) is 75.9 cm³/mol. The van der Waals surface area contributed by atoms with E-state index in [0.717, 1.165) is 16.9 Å². The molecule has 0 aliphatic heterocycles. The number of benzene rings is 2. The molecule has 0 aromatic heterocycles. The van der Waals surface area contributed by atoms with E-state index in [2.05, 4.69) is 17.4 Å². The van der Waals surface area contributed by atoms with Gasteiger partial charge in [0.1, 0.15) is 0 Å². The van der Waals surface area contributed by atoms with Crippen molar-refractivity contribution in [1.29, 1.82) is 0 Å². The number of rotatable bonds is 4. The van der Waals surface area contributed by atoms with Gasteiger partial charge in [-0.05, 0) is 29.8 Å². The Morgan fingerprint density at radius 1 is 0.941 bits per heavy atom. The number of allylic oxidation sites excluding steroid dienone is 1. The topological polar surface area (TPSA) is 12.0 Å². The van der Waals surface area contributed by atoms with Crippen LogP contribution in [0, 0.1) is 0 Å². The number of anilines is 2. The van der Waals surface area contributed by atoms with E-state index in [-0.39, 0.29) is 0 Å². The Morgan fingerprint density at radius 3 is 2.47 bits per heavy atom. The van der Waals surface area contributed by atoms with Crippen LogP contribution in [0.3, 0.4) is 0 Å². The van der Waals surface area contributed by atoms with Gasteiger partial charge in [-0.15, -0.1) is 11.6 Å². The Hall–Kier alpha value is -1.73. The average Bonchev–Trinajstić information content (AvgIpc) is 2.38. The minimum absolute atomic E-state index is 0.538. The van der Waals surface area contributed by atoms with Crippen LogP contribution in [0.1, 0.15) is 5.56 Å². The summed E-state index contributed by atoms with van der Waals surface area (Å²) >= 11 is 5.62. The van der Waals surface area contributed by atoms with E-state index in [1.807, 2.05) is 54.6 Å². The minimum atomic E-state index is 0.538. The maximum atomic E-state index is 5.62. The van der Waals surface area contributed by atoms with Gasteiger partial charge in [0.15, 0.2) is 0 Å². The van der Waals surface area contributed by atoms with Crippen LogP contribution in [0.25, 0.3) is 6.08 Å². The molecule has 2 rings (SSSR count). The van der Waals surface area contributed by atoms with Crippen LogP contribution in [0.15, 0.2) is 60.7 Å². The zero-order valence-electron chi connectivity index (χ0n) is 9.44. The van der Waals surface area contributed by atoms with E-state index >= 15 is 0 Å². The van der Waals surface area contributed by atoms with Crippen molar-refractivity contribution in [2.24, 2.45) is 0 Å². The quantitative estimate of drug-likeness (QED) is 0.769. The van der Waals surface area contributed by atoms with Crippen molar-refractivity contribution in [1.82, 2.24) is 0 Å². The molecule has 1 N–H and O–H groups in total. The molecule has 17 heavy (non-hydrogen) atoms. The first-order valence-corrected chi connectivity index (χ1v) is 6.06. The van der Waals surface area contributed by atoms with Crippen molar-refractivity contribution >= 4 is 29.1 Å². The molecule has 2 aromatic carbocycles. The van der Waals surface area contributed by atoms with Gasteiger partial charge in [-0.25, -0.2) is 0 Å². The van der Waals surface area contributed by atoms with E-state index in [1.165, 1.54) is 0 Å². The Balaban J connectivity index is 2.14. The maximum Gasteiger partial charge on any atom is 0.0407 e. The maximum absolute atomic E-state index is 5.62. The molecule has 0 fully saturated rings. The Morgan fingerprint density at radius 2 is 1.71 bits per heavy atom. The highest BCUT2D eigenvalue weighted by atomic mass is 35.5. The second-order valence-corrected chi connectivity index (χ2v) is 3.98.